The maximum atomic E-state index is 11.7. The third-order valence-electron chi connectivity index (χ3n) is 1.85. The van der Waals surface area contributed by atoms with Crippen LogP contribution in [0.4, 0.5) is 13.2 Å². The fourth-order valence-electron chi connectivity index (χ4n) is 1.12. The van der Waals surface area contributed by atoms with Gasteiger partial charge in [-0.2, -0.15) is 0 Å². The minimum Gasteiger partial charge on any atom is -0.489 e. The highest BCUT2D eigenvalue weighted by atomic mass is 79.9. The van der Waals surface area contributed by atoms with Crippen LogP contribution >= 0.6 is 42.5 Å². The average molecular weight is 462 g/mol. The van der Waals surface area contributed by atoms with E-state index in [0.29, 0.717) is 0 Å². The SMILES string of the molecule is O=S(=O)(Cl)c1cc(Br)c(OCCOC(F)(F)F)c(Br)c1. The number of ether oxygens (including phenoxy) is 2. The summed E-state index contributed by atoms with van der Waals surface area (Å²) in [6.07, 6.45) is -4.73. The van der Waals surface area contributed by atoms with Crippen LogP contribution in [0, 0.1) is 0 Å². The summed E-state index contributed by atoms with van der Waals surface area (Å²) in [4.78, 5) is -0.184. The Morgan fingerprint density at radius 2 is 1.65 bits per heavy atom. The second-order valence-corrected chi connectivity index (χ2v) is 7.57. The zero-order valence-electron chi connectivity index (χ0n) is 9.38. The second-order valence-electron chi connectivity index (χ2n) is 3.30. The topological polar surface area (TPSA) is 52.6 Å². The van der Waals surface area contributed by atoms with Gasteiger partial charge in [-0.05, 0) is 44.0 Å². The third-order valence-corrected chi connectivity index (χ3v) is 4.36. The first-order valence-corrected chi connectivity index (χ1v) is 8.67. The molecule has 1 aromatic carbocycles. The lowest BCUT2D eigenvalue weighted by Gasteiger charge is -2.12. The molecule has 0 saturated carbocycles. The van der Waals surface area contributed by atoms with Crippen molar-refractivity contribution in [1.29, 1.82) is 0 Å². The molecule has 0 atom stereocenters. The van der Waals surface area contributed by atoms with Crippen molar-refractivity contribution in [2.45, 2.75) is 11.3 Å². The molecule has 0 aliphatic rings. The smallest absolute Gasteiger partial charge is 0.489 e. The van der Waals surface area contributed by atoms with E-state index in [2.05, 4.69) is 36.6 Å². The first-order chi connectivity index (χ1) is 9.00. The van der Waals surface area contributed by atoms with Crippen molar-refractivity contribution in [2.75, 3.05) is 13.2 Å². The zero-order chi connectivity index (χ0) is 15.6. The van der Waals surface area contributed by atoms with E-state index in [0.717, 1.165) is 0 Å². The van der Waals surface area contributed by atoms with Crippen LogP contribution in [0.15, 0.2) is 26.0 Å². The van der Waals surface area contributed by atoms with E-state index < -0.39 is 22.0 Å². The minimum absolute atomic E-state index is 0.139. The highest BCUT2D eigenvalue weighted by Crippen LogP contribution is 2.36. The third kappa shape index (κ3) is 5.76. The Balaban J connectivity index is 2.78. The van der Waals surface area contributed by atoms with Crippen LogP contribution in [0.5, 0.6) is 5.75 Å². The Bertz CT molecular complexity index is 568. The number of rotatable bonds is 5. The molecule has 0 heterocycles. The number of alkyl halides is 3. The molecule has 0 spiro atoms. The molecular formula is C9H6Br2ClF3O4S. The summed E-state index contributed by atoms with van der Waals surface area (Å²) in [7, 11) is 1.25. The largest absolute Gasteiger partial charge is 0.522 e. The Morgan fingerprint density at radius 3 is 2.05 bits per heavy atom. The van der Waals surface area contributed by atoms with Gasteiger partial charge in [-0.15, -0.1) is 13.2 Å². The number of hydrogen-bond donors (Lipinski definition) is 0. The van der Waals surface area contributed by atoms with Gasteiger partial charge >= 0.3 is 6.36 Å². The van der Waals surface area contributed by atoms with E-state index in [1.54, 1.807) is 0 Å². The molecule has 0 saturated heterocycles. The Morgan fingerprint density at radius 1 is 1.15 bits per heavy atom. The van der Waals surface area contributed by atoms with E-state index in [1.165, 1.54) is 12.1 Å². The molecule has 114 valence electrons. The first-order valence-electron chi connectivity index (χ1n) is 4.78. The summed E-state index contributed by atoms with van der Waals surface area (Å²) in [6, 6.07) is 2.35. The molecule has 0 N–H and O–H groups in total. The molecule has 0 aliphatic carbocycles. The standard InChI is InChI=1S/C9H6Br2ClF3O4S/c10-6-3-5(20(12,16)17)4-7(11)8(6)18-1-2-19-9(13,14)15/h3-4H,1-2H2. The monoisotopic (exact) mass is 460 g/mol. The van der Waals surface area contributed by atoms with Crippen molar-refractivity contribution in [2.24, 2.45) is 0 Å². The molecule has 1 rings (SSSR count). The molecule has 0 aliphatic heterocycles. The predicted octanol–water partition coefficient (Wildman–Crippen LogP) is 4.05. The average Bonchev–Trinajstić information content (AvgIpc) is 2.23. The van der Waals surface area contributed by atoms with Crippen molar-refractivity contribution in [3.8, 4) is 5.75 Å². The van der Waals surface area contributed by atoms with Crippen LogP contribution in [-0.2, 0) is 13.8 Å². The lowest BCUT2D eigenvalue weighted by atomic mass is 10.3. The van der Waals surface area contributed by atoms with E-state index >= 15 is 0 Å². The lowest BCUT2D eigenvalue weighted by molar-refractivity contribution is -0.325. The number of hydrogen-bond acceptors (Lipinski definition) is 4. The van der Waals surface area contributed by atoms with Crippen molar-refractivity contribution in [3.63, 3.8) is 0 Å². The summed E-state index contributed by atoms with van der Waals surface area (Å²) in [6.45, 7) is -1.07. The van der Waals surface area contributed by atoms with Gasteiger partial charge in [0.15, 0.2) is 0 Å². The lowest BCUT2D eigenvalue weighted by Crippen LogP contribution is -2.18. The van der Waals surface area contributed by atoms with Gasteiger partial charge in [0.05, 0.1) is 20.4 Å². The molecule has 4 nitrogen and oxygen atoms in total. The molecule has 0 unspecified atom stereocenters. The molecule has 0 aromatic heterocycles. The fraction of sp³-hybridized carbons (Fsp3) is 0.333. The van der Waals surface area contributed by atoms with Crippen molar-refractivity contribution < 1.29 is 31.1 Å². The normalized spacial score (nSPS) is 12.5. The van der Waals surface area contributed by atoms with Crippen LogP contribution < -0.4 is 4.74 Å². The Hall–Kier alpha value is -0.0300. The second kappa shape index (κ2) is 6.82. The van der Waals surface area contributed by atoms with Crippen LogP contribution in [-0.4, -0.2) is 28.0 Å². The van der Waals surface area contributed by atoms with Gasteiger partial charge < -0.3 is 4.74 Å². The highest BCUT2D eigenvalue weighted by Gasteiger charge is 2.28. The van der Waals surface area contributed by atoms with Crippen molar-refractivity contribution >= 4 is 51.6 Å². The summed E-state index contributed by atoms with van der Waals surface area (Å²) in [5, 5.41) is 0. The van der Waals surface area contributed by atoms with E-state index in [9.17, 15) is 21.6 Å². The molecular weight excluding hydrogens is 456 g/mol. The molecule has 1 aromatic rings. The van der Waals surface area contributed by atoms with E-state index in [-0.39, 0.29) is 26.2 Å². The summed E-state index contributed by atoms with van der Waals surface area (Å²) in [5.74, 6) is 0.139. The van der Waals surface area contributed by atoms with Gasteiger partial charge in [-0.1, -0.05) is 0 Å². The highest BCUT2D eigenvalue weighted by molar-refractivity contribution is 9.11. The number of benzene rings is 1. The quantitative estimate of drug-likeness (QED) is 0.489. The molecule has 20 heavy (non-hydrogen) atoms. The minimum atomic E-state index is -4.73. The van der Waals surface area contributed by atoms with Crippen LogP contribution in [0.1, 0.15) is 0 Å². The Kier molecular flexibility index (Phi) is 6.14. The molecule has 0 bridgehead atoms. The zero-order valence-corrected chi connectivity index (χ0v) is 14.1. The summed E-state index contributed by atoms with van der Waals surface area (Å²) in [5.41, 5.74) is 0. The van der Waals surface area contributed by atoms with Crippen molar-refractivity contribution in [3.05, 3.63) is 21.1 Å². The summed E-state index contributed by atoms with van der Waals surface area (Å²) < 4.78 is 66.6. The molecule has 11 heteroatoms. The first kappa shape index (κ1) is 18.0. The van der Waals surface area contributed by atoms with Gasteiger partial charge in [0, 0.05) is 10.7 Å². The van der Waals surface area contributed by atoms with Gasteiger partial charge in [0.2, 0.25) is 0 Å². The Labute approximate surface area is 133 Å². The molecule has 0 radical (unpaired) electrons. The van der Waals surface area contributed by atoms with Gasteiger partial charge in [0.25, 0.3) is 9.05 Å². The maximum absolute atomic E-state index is 11.7. The van der Waals surface area contributed by atoms with Crippen LogP contribution in [0.3, 0.4) is 0 Å². The molecule has 0 fully saturated rings. The maximum Gasteiger partial charge on any atom is 0.522 e. The van der Waals surface area contributed by atoms with Gasteiger partial charge in [-0.3, -0.25) is 4.74 Å². The molecule has 0 amide bonds. The van der Waals surface area contributed by atoms with Gasteiger partial charge in [-0.25, -0.2) is 8.42 Å². The van der Waals surface area contributed by atoms with E-state index in [1.807, 2.05) is 0 Å². The van der Waals surface area contributed by atoms with Crippen LogP contribution in [0.2, 0.25) is 0 Å². The predicted molar refractivity (Wildman–Crippen MR) is 72.4 cm³/mol. The number of halogens is 6. The summed E-state index contributed by atoms with van der Waals surface area (Å²) >= 11 is 6.08. The van der Waals surface area contributed by atoms with Gasteiger partial charge in [0.1, 0.15) is 12.4 Å². The fourth-order valence-corrected chi connectivity index (χ4v) is 3.62. The van der Waals surface area contributed by atoms with E-state index in [4.69, 9.17) is 15.4 Å². The van der Waals surface area contributed by atoms with Crippen LogP contribution in [0.25, 0.3) is 0 Å². The van der Waals surface area contributed by atoms with Crippen molar-refractivity contribution in [1.82, 2.24) is 0 Å².